The summed E-state index contributed by atoms with van der Waals surface area (Å²) in [5, 5.41) is 17.4. The van der Waals surface area contributed by atoms with Gasteiger partial charge in [0, 0.05) is 25.7 Å². The van der Waals surface area contributed by atoms with Crippen molar-refractivity contribution in [2.75, 3.05) is 50.0 Å². The molecule has 0 unspecified atom stereocenters. The molecule has 2 N–H and O–H groups in total. The van der Waals surface area contributed by atoms with Crippen molar-refractivity contribution in [3.63, 3.8) is 0 Å². The molecule has 0 radical (unpaired) electrons. The fourth-order valence-electron chi connectivity index (χ4n) is 2.39. The van der Waals surface area contributed by atoms with Crippen LogP contribution in [0.5, 0.6) is 0 Å². The lowest BCUT2D eigenvalue weighted by atomic mass is 10.3. The number of morpholine rings is 1. The van der Waals surface area contributed by atoms with Crippen LogP contribution in [-0.2, 0) is 4.74 Å². The lowest BCUT2D eigenvalue weighted by Gasteiger charge is -2.26. The first-order valence-corrected chi connectivity index (χ1v) is 7.88. The summed E-state index contributed by atoms with van der Waals surface area (Å²) < 4.78 is 5.31. The minimum atomic E-state index is -0.449. The van der Waals surface area contributed by atoms with Crippen molar-refractivity contribution in [2.24, 2.45) is 0 Å². The molecule has 0 saturated carbocycles. The van der Waals surface area contributed by atoms with Gasteiger partial charge in [-0.1, -0.05) is 0 Å². The number of hydrogen-bond acceptors (Lipinski definition) is 8. The van der Waals surface area contributed by atoms with Gasteiger partial charge in [0.1, 0.15) is 6.33 Å². The highest BCUT2D eigenvalue weighted by molar-refractivity contribution is 5.69. The van der Waals surface area contributed by atoms with Crippen LogP contribution < -0.4 is 10.6 Å². The predicted octanol–water partition coefficient (Wildman–Crippen LogP) is 1.34. The maximum absolute atomic E-state index is 11.3. The van der Waals surface area contributed by atoms with Gasteiger partial charge in [0.15, 0.2) is 0 Å². The number of nitrogens with one attached hydrogen (secondary N) is 2. The number of nitro groups is 1. The van der Waals surface area contributed by atoms with E-state index < -0.39 is 4.92 Å². The third-order valence-electron chi connectivity index (χ3n) is 3.48. The molecule has 0 spiro atoms. The van der Waals surface area contributed by atoms with Crippen LogP contribution in [0.2, 0.25) is 0 Å². The second kappa shape index (κ2) is 8.59. The summed E-state index contributed by atoms with van der Waals surface area (Å²) in [6.45, 7) is 8.79. The maximum Gasteiger partial charge on any atom is 0.353 e. The van der Waals surface area contributed by atoms with E-state index in [1.54, 1.807) is 0 Å². The zero-order valence-electron chi connectivity index (χ0n) is 13.6. The zero-order valence-corrected chi connectivity index (χ0v) is 13.6. The van der Waals surface area contributed by atoms with Gasteiger partial charge in [-0.3, -0.25) is 15.0 Å². The smallest absolute Gasteiger partial charge is 0.353 e. The van der Waals surface area contributed by atoms with Crippen molar-refractivity contribution in [3.05, 3.63) is 16.4 Å². The van der Waals surface area contributed by atoms with Crippen LogP contribution in [0.15, 0.2) is 6.33 Å². The fourth-order valence-corrected chi connectivity index (χ4v) is 2.39. The van der Waals surface area contributed by atoms with Crippen molar-refractivity contribution in [3.8, 4) is 0 Å². The monoisotopic (exact) mass is 324 g/mol. The lowest BCUT2D eigenvalue weighted by molar-refractivity contribution is -0.383. The van der Waals surface area contributed by atoms with E-state index in [4.69, 9.17) is 4.74 Å². The van der Waals surface area contributed by atoms with E-state index in [2.05, 4.69) is 25.5 Å². The largest absolute Gasteiger partial charge is 0.379 e. The number of anilines is 2. The summed E-state index contributed by atoms with van der Waals surface area (Å²) in [7, 11) is 0. The summed E-state index contributed by atoms with van der Waals surface area (Å²) in [4.78, 5) is 21.2. The van der Waals surface area contributed by atoms with Crippen molar-refractivity contribution < 1.29 is 9.66 Å². The van der Waals surface area contributed by atoms with Gasteiger partial charge in [0.05, 0.1) is 18.1 Å². The number of rotatable bonds is 8. The molecule has 23 heavy (non-hydrogen) atoms. The molecule has 1 fully saturated rings. The molecule has 128 valence electrons. The molecule has 2 heterocycles. The van der Waals surface area contributed by atoms with E-state index in [1.807, 2.05) is 13.8 Å². The van der Waals surface area contributed by atoms with E-state index in [-0.39, 0.29) is 23.4 Å². The van der Waals surface area contributed by atoms with Gasteiger partial charge < -0.3 is 15.4 Å². The second-order valence-electron chi connectivity index (χ2n) is 5.71. The highest BCUT2D eigenvalue weighted by Crippen LogP contribution is 2.29. The van der Waals surface area contributed by atoms with Crippen molar-refractivity contribution >= 4 is 17.3 Å². The molecule has 0 aromatic carbocycles. The molecule has 1 saturated heterocycles. The van der Waals surface area contributed by atoms with Crippen molar-refractivity contribution in [2.45, 2.75) is 26.3 Å². The van der Waals surface area contributed by atoms with Crippen LogP contribution in [0.25, 0.3) is 0 Å². The first-order chi connectivity index (χ1) is 11.1. The summed E-state index contributed by atoms with van der Waals surface area (Å²) in [5.41, 5.74) is -0.104. The minimum absolute atomic E-state index is 0.0535. The summed E-state index contributed by atoms with van der Waals surface area (Å²) in [6.07, 6.45) is 2.22. The molecule has 0 amide bonds. The quantitative estimate of drug-likeness (QED) is 0.419. The van der Waals surface area contributed by atoms with E-state index in [0.29, 0.717) is 6.54 Å². The van der Waals surface area contributed by atoms with Gasteiger partial charge in [-0.15, -0.1) is 0 Å². The second-order valence-corrected chi connectivity index (χ2v) is 5.71. The Morgan fingerprint density at radius 3 is 2.70 bits per heavy atom. The average Bonchev–Trinajstić information content (AvgIpc) is 2.52. The van der Waals surface area contributed by atoms with E-state index in [0.717, 1.165) is 39.3 Å². The summed E-state index contributed by atoms with van der Waals surface area (Å²) in [6, 6.07) is 0.0535. The van der Waals surface area contributed by atoms with E-state index in [9.17, 15) is 10.1 Å². The Hall–Kier alpha value is -2.00. The summed E-state index contributed by atoms with van der Waals surface area (Å²) in [5.74, 6) is 0.505. The highest BCUT2D eigenvalue weighted by Gasteiger charge is 2.23. The van der Waals surface area contributed by atoms with Crippen LogP contribution in [-0.4, -0.2) is 65.2 Å². The Morgan fingerprint density at radius 1 is 1.35 bits per heavy atom. The molecule has 9 nitrogen and oxygen atoms in total. The van der Waals surface area contributed by atoms with Gasteiger partial charge in [-0.05, 0) is 26.8 Å². The number of aromatic nitrogens is 2. The molecular weight excluding hydrogens is 300 g/mol. The number of nitrogens with zero attached hydrogens (tertiary/aromatic N) is 4. The third kappa shape index (κ3) is 5.29. The zero-order chi connectivity index (χ0) is 16.7. The normalized spacial score (nSPS) is 15.6. The maximum atomic E-state index is 11.3. The standard InChI is InChI=1S/C14H24N6O3/c1-11(2)18-14-12(20(21)22)13(16-10-17-14)15-4-3-5-19-6-8-23-9-7-19/h10-11H,3-9H2,1-2H3,(H2,15,16,17,18). The number of ether oxygens (including phenoxy) is 1. The Kier molecular flexibility index (Phi) is 6.48. The third-order valence-corrected chi connectivity index (χ3v) is 3.48. The SMILES string of the molecule is CC(C)Nc1ncnc(NCCCN2CCOCC2)c1[N+](=O)[O-]. The minimum Gasteiger partial charge on any atom is -0.379 e. The first-order valence-electron chi connectivity index (χ1n) is 7.88. The van der Waals surface area contributed by atoms with Crippen molar-refractivity contribution in [1.29, 1.82) is 0 Å². The molecule has 1 aliphatic rings. The molecule has 0 aliphatic carbocycles. The van der Waals surface area contributed by atoms with Crippen LogP contribution in [0.1, 0.15) is 20.3 Å². The van der Waals surface area contributed by atoms with Gasteiger partial charge in [-0.25, -0.2) is 9.97 Å². The predicted molar refractivity (Wildman–Crippen MR) is 87.8 cm³/mol. The Balaban J connectivity index is 1.91. The van der Waals surface area contributed by atoms with Crippen LogP contribution >= 0.6 is 0 Å². The van der Waals surface area contributed by atoms with Crippen LogP contribution in [0, 0.1) is 10.1 Å². The summed E-state index contributed by atoms with van der Waals surface area (Å²) >= 11 is 0. The molecule has 0 bridgehead atoms. The molecule has 1 aromatic heterocycles. The fraction of sp³-hybridized carbons (Fsp3) is 0.714. The van der Waals surface area contributed by atoms with Crippen LogP contribution in [0.4, 0.5) is 17.3 Å². The molecule has 1 aromatic rings. The Morgan fingerprint density at radius 2 is 2.04 bits per heavy atom. The van der Waals surface area contributed by atoms with Gasteiger partial charge >= 0.3 is 5.69 Å². The van der Waals surface area contributed by atoms with Gasteiger partial charge in [0.2, 0.25) is 11.6 Å². The van der Waals surface area contributed by atoms with Crippen LogP contribution in [0.3, 0.4) is 0 Å². The molecular formula is C14H24N6O3. The van der Waals surface area contributed by atoms with Crippen molar-refractivity contribution in [1.82, 2.24) is 14.9 Å². The van der Waals surface area contributed by atoms with Gasteiger partial charge in [-0.2, -0.15) is 0 Å². The lowest BCUT2D eigenvalue weighted by Crippen LogP contribution is -2.37. The highest BCUT2D eigenvalue weighted by atomic mass is 16.6. The Labute approximate surface area is 135 Å². The number of hydrogen-bond donors (Lipinski definition) is 2. The van der Waals surface area contributed by atoms with E-state index in [1.165, 1.54) is 6.33 Å². The first kappa shape index (κ1) is 17.4. The molecule has 0 atom stereocenters. The van der Waals surface area contributed by atoms with E-state index >= 15 is 0 Å². The molecule has 1 aliphatic heterocycles. The van der Waals surface area contributed by atoms with Gasteiger partial charge in [0.25, 0.3) is 0 Å². The topological polar surface area (TPSA) is 105 Å². The molecule has 2 rings (SSSR count). The average molecular weight is 324 g/mol. The Bertz CT molecular complexity index is 519. The molecule has 9 heteroatoms.